The van der Waals surface area contributed by atoms with Gasteiger partial charge in [-0.25, -0.2) is 0 Å². The highest BCUT2D eigenvalue weighted by Gasteiger charge is 2.43. The van der Waals surface area contributed by atoms with Crippen LogP contribution in [0.25, 0.3) is 0 Å². The molecule has 3 aromatic rings. The predicted molar refractivity (Wildman–Crippen MR) is 140 cm³/mol. The molecule has 0 saturated heterocycles. The highest BCUT2D eigenvalue weighted by atomic mass is 16.6. The van der Waals surface area contributed by atoms with Crippen molar-refractivity contribution in [3.63, 3.8) is 0 Å². The minimum absolute atomic E-state index is 0.0244. The first-order valence-corrected chi connectivity index (χ1v) is 12.4. The van der Waals surface area contributed by atoms with Crippen LogP contribution in [0.15, 0.2) is 91.0 Å². The van der Waals surface area contributed by atoms with E-state index in [1.165, 1.54) is 0 Å². The molecule has 6 nitrogen and oxygen atoms in total. The maximum atomic E-state index is 13.4. The van der Waals surface area contributed by atoms with Crippen LogP contribution in [-0.4, -0.2) is 23.5 Å². The van der Waals surface area contributed by atoms with Gasteiger partial charge in [0, 0.05) is 0 Å². The van der Waals surface area contributed by atoms with Gasteiger partial charge in [-0.2, -0.15) is 0 Å². The van der Waals surface area contributed by atoms with Gasteiger partial charge in [-0.05, 0) is 50.3 Å². The van der Waals surface area contributed by atoms with Crippen molar-refractivity contribution in [3.05, 3.63) is 108 Å². The van der Waals surface area contributed by atoms with Crippen molar-refractivity contribution in [2.24, 2.45) is 11.8 Å². The summed E-state index contributed by atoms with van der Waals surface area (Å²) in [7, 11) is 0. The second-order valence-corrected chi connectivity index (χ2v) is 9.83. The lowest BCUT2D eigenvalue weighted by Crippen LogP contribution is -2.41. The quantitative estimate of drug-likeness (QED) is 0.191. The van der Waals surface area contributed by atoms with E-state index in [2.05, 4.69) is 0 Å². The third-order valence-electron chi connectivity index (χ3n) is 5.65. The molecule has 37 heavy (non-hydrogen) atoms. The fraction of sp³-hybridized carbons (Fsp3) is 0.323. The van der Waals surface area contributed by atoms with E-state index in [1.54, 1.807) is 20.8 Å². The largest absolute Gasteiger partial charge is 0.461 e. The molecule has 6 heteroatoms. The van der Waals surface area contributed by atoms with Crippen molar-refractivity contribution in [3.8, 4) is 0 Å². The third-order valence-corrected chi connectivity index (χ3v) is 5.65. The molecule has 0 spiro atoms. The summed E-state index contributed by atoms with van der Waals surface area (Å²) in [5, 5.41) is 0. The van der Waals surface area contributed by atoms with E-state index < -0.39 is 35.3 Å². The van der Waals surface area contributed by atoms with Crippen LogP contribution in [0.3, 0.4) is 0 Å². The van der Waals surface area contributed by atoms with E-state index in [1.807, 2.05) is 91.0 Å². The van der Waals surface area contributed by atoms with Gasteiger partial charge in [-0.1, -0.05) is 91.0 Å². The summed E-state index contributed by atoms with van der Waals surface area (Å²) in [6.45, 7) is 5.14. The average molecular weight is 503 g/mol. The van der Waals surface area contributed by atoms with Crippen molar-refractivity contribution in [1.82, 2.24) is 0 Å². The summed E-state index contributed by atoms with van der Waals surface area (Å²) in [4.78, 5) is 40.0. The summed E-state index contributed by atoms with van der Waals surface area (Å²) in [6.07, 6.45) is 0.680. The number of hydrogen-bond acceptors (Lipinski definition) is 6. The maximum Gasteiger partial charge on any atom is 0.321 e. The molecule has 0 heterocycles. The molecule has 0 aliphatic rings. The van der Waals surface area contributed by atoms with Crippen molar-refractivity contribution in [1.29, 1.82) is 0 Å². The van der Waals surface area contributed by atoms with E-state index in [0.29, 0.717) is 6.42 Å². The number of esters is 3. The van der Waals surface area contributed by atoms with Gasteiger partial charge in [0.25, 0.3) is 0 Å². The number of benzene rings is 3. The van der Waals surface area contributed by atoms with Gasteiger partial charge < -0.3 is 14.2 Å². The minimum Gasteiger partial charge on any atom is -0.461 e. The molecule has 2 atom stereocenters. The molecule has 1 unspecified atom stereocenters. The summed E-state index contributed by atoms with van der Waals surface area (Å²) >= 11 is 0. The Labute approximate surface area is 218 Å². The smallest absolute Gasteiger partial charge is 0.321 e. The summed E-state index contributed by atoms with van der Waals surface area (Å²) < 4.78 is 16.7. The lowest BCUT2D eigenvalue weighted by atomic mass is 9.86. The van der Waals surface area contributed by atoms with Crippen molar-refractivity contribution < 1.29 is 28.6 Å². The van der Waals surface area contributed by atoms with E-state index >= 15 is 0 Å². The number of carbonyl (C=O) groups excluding carboxylic acids is 3. The third kappa shape index (κ3) is 9.22. The van der Waals surface area contributed by atoms with E-state index in [9.17, 15) is 14.4 Å². The molecule has 0 aliphatic heterocycles. The first kappa shape index (κ1) is 27.7. The first-order valence-electron chi connectivity index (χ1n) is 12.4. The summed E-state index contributed by atoms with van der Waals surface area (Å²) in [5.41, 5.74) is 1.70. The second kappa shape index (κ2) is 13.4. The second-order valence-electron chi connectivity index (χ2n) is 9.83. The normalized spacial score (nSPS) is 12.7. The standard InChI is InChI=1S/C31H34O6/c1-31(2,3)37-30(34)27(29(33)36-22-25-17-11-6-12-18-25)26(20-19-23-13-7-4-8-14-23)28(32)35-21-24-15-9-5-10-16-24/h4-18,26-27H,19-22H2,1-3H3/t26-,27?/m0/s1. The molecule has 0 fully saturated rings. The van der Waals surface area contributed by atoms with Crippen molar-refractivity contribution >= 4 is 17.9 Å². The Balaban J connectivity index is 1.85. The topological polar surface area (TPSA) is 78.9 Å². The Morgan fingerprint density at radius 3 is 1.51 bits per heavy atom. The van der Waals surface area contributed by atoms with Gasteiger partial charge in [0.05, 0.1) is 5.92 Å². The molecule has 0 aliphatic carbocycles. The van der Waals surface area contributed by atoms with Gasteiger partial charge in [0.15, 0.2) is 5.92 Å². The molecule has 0 bridgehead atoms. The lowest BCUT2D eigenvalue weighted by molar-refractivity contribution is -0.178. The zero-order valence-corrected chi connectivity index (χ0v) is 21.6. The molecule has 0 radical (unpaired) electrons. The molecule has 3 rings (SSSR count). The Kier molecular flexibility index (Phi) is 10.0. The summed E-state index contributed by atoms with van der Waals surface area (Å²) in [6, 6.07) is 28.0. The Morgan fingerprint density at radius 1 is 0.622 bits per heavy atom. The Morgan fingerprint density at radius 2 is 1.05 bits per heavy atom. The van der Waals surface area contributed by atoms with Crippen LogP contribution in [0.5, 0.6) is 0 Å². The van der Waals surface area contributed by atoms with Gasteiger partial charge in [0.2, 0.25) is 0 Å². The fourth-order valence-electron chi connectivity index (χ4n) is 3.83. The molecule has 0 amide bonds. The van der Waals surface area contributed by atoms with Crippen molar-refractivity contribution in [2.45, 2.75) is 52.4 Å². The van der Waals surface area contributed by atoms with Gasteiger partial charge in [0.1, 0.15) is 18.8 Å². The predicted octanol–water partition coefficient (Wildman–Crippen LogP) is 5.68. The van der Waals surface area contributed by atoms with Crippen LogP contribution < -0.4 is 0 Å². The van der Waals surface area contributed by atoms with Crippen molar-refractivity contribution in [2.75, 3.05) is 0 Å². The number of carbonyl (C=O) groups is 3. The van der Waals surface area contributed by atoms with Crippen LogP contribution in [0.4, 0.5) is 0 Å². The molecule has 194 valence electrons. The molecular weight excluding hydrogens is 468 g/mol. The van der Waals surface area contributed by atoms with Gasteiger partial charge in [-0.3, -0.25) is 14.4 Å². The minimum atomic E-state index is -1.46. The van der Waals surface area contributed by atoms with E-state index in [4.69, 9.17) is 14.2 Å². The van der Waals surface area contributed by atoms with Crippen LogP contribution in [-0.2, 0) is 48.2 Å². The molecular formula is C31H34O6. The first-order chi connectivity index (χ1) is 17.7. The van der Waals surface area contributed by atoms with E-state index in [0.717, 1.165) is 16.7 Å². The Hall–Kier alpha value is -3.93. The van der Waals surface area contributed by atoms with Crippen LogP contribution in [0.1, 0.15) is 43.9 Å². The molecule has 0 aromatic heterocycles. The molecule has 3 aromatic carbocycles. The SMILES string of the molecule is CC(C)(C)OC(=O)C(C(=O)OCc1ccccc1)[C@H](CCc1ccccc1)C(=O)OCc1ccccc1. The highest BCUT2D eigenvalue weighted by Crippen LogP contribution is 2.26. The number of rotatable bonds is 11. The zero-order chi connectivity index (χ0) is 26.7. The Bertz CT molecular complexity index is 1140. The monoisotopic (exact) mass is 502 g/mol. The van der Waals surface area contributed by atoms with Crippen LogP contribution >= 0.6 is 0 Å². The number of ether oxygens (including phenoxy) is 3. The van der Waals surface area contributed by atoms with Gasteiger partial charge in [-0.15, -0.1) is 0 Å². The summed E-state index contributed by atoms with van der Waals surface area (Å²) in [5.74, 6) is -4.81. The number of hydrogen-bond donors (Lipinski definition) is 0. The fourth-order valence-corrected chi connectivity index (χ4v) is 3.83. The molecule has 0 N–H and O–H groups in total. The molecule has 0 saturated carbocycles. The average Bonchev–Trinajstić information content (AvgIpc) is 2.89. The van der Waals surface area contributed by atoms with E-state index in [-0.39, 0.29) is 19.6 Å². The van der Waals surface area contributed by atoms with Crippen LogP contribution in [0, 0.1) is 11.8 Å². The van der Waals surface area contributed by atoms with Crippen LogP contribution in [0.2, 0.25) is 0 Å². The number of aryl methyl sites for hydroxylation is 1. The lowest BCUT2D eigenvalue weighted by Gasteiger charge is -2.27. The maximum absolute atomic E-state index is 13.4. The van der Waals surface area contributed by atoms with Gasteiger partial charge >= 0.3 is 17.9 Å². The highest BCUT2D eigenvalue weighted by molar-refractivity contribution is 5.99. The zero-order valence-electron chi connectivity index (χ0n) is 21.6.